The zero-order valence-corrected chi connectivity index (χ0v) is 32.8. The molecular formula is C55H35N3S. The number of thiophene rings is 1. The molecule has 0 amide bonds. The molecule has 59 heavy (non-hydrogen) atoms. The lowest BCUT2D eigenvalue weighted by molar-refractivity contribution is 1.08. The summed E-state index contributed by atoms with van der Waals surface area (Å²) in [5, 5.41) is 4.81. The number of fused-ring (bicyclic) bond motifs is 4. The third kappa shape index (κ3) is 6.56. The molecule has 2 aromatic heterocycles. The van der Waals surface area contributed by atoms with E-state index in [1.165, 1.54) is 58.9 Å². The highest BCUT2D eigenvalue weighted by Crippen LogP contribution is 2.44. The lowest BCUT2D eigenvalue weighted by Crippen LogP contribution is -2.00. The summed E-state index contributed by atoms with van der Waals surface area (Å²) in [6.07, 6.45) is 0. The average Bonchev–Trinajstić information content (AvgIpc) is 3.71. The minimum absolute atomic E-state index is 0.637. The van der Waals surface area contributed by atoms with Crippen molar-refractivity contribution in [3.05, 3.63) is 212 Å². The Balaban J connectivity index is 1.03. The van der Waals surface area contributed by atoms with Gasteiger partial charge in [0.15, 0.2) is 17.5 Å². The van der Waals surface area contributed by atoms with Gasteiger partial charge in [0.25, 0.3) is 0 Å². The molecule has 2 heterocycles. The average molecular weight is 770 g/mol. The van der Waals surface area contributed by atoms with Crippen LogP contribution < -0.4 is 0 Å². The first-order valence-electron chi connectivity index (χ1n) is 19.8. The number of nitrogens with zero attached hydrogens (tertiary/aromatic N) is 3. The van der Waals surface area contributed by atoms with Gasteiger partial charge in [0.05, 0.1) is 0 Å². The van der Waals surface area contributed by atoms with E-state index in [0.29, 0.717) is 17.5 Å². The van der Waals surface area contributed by atoms with E-state index < -0.39 is 0 Å². The van der Waals surface area contributed by atoms with E-state index in [-0.39, 0.29) is 0 Å². The fraction of sp³-hybridized carbons (Fsp3) is 0. The predicted octanol–water partition coefficient (Wildman–Crippen LogP) is 15.1. The molecule has 0 aliphatic carbocycles. The Bertz CT molecular complexity index is 3280. The van der Waals surface area contributed by atoms with Crippen LogP contribution in [0, 0.1) is 0 Å². The van der Waals surface area contributed by atoms with Crippen LogP contribution in [0.2, 0.25) is 0 Å². The van der Waals surface area contributed by atoms with Gasteiger partial charge in [-0.3, -0.25) is 0 Å². The highest BCUT2D eigenvalue weighted by Gasteiger charge is 2.19. The number of benzene rings is 9. The van der Waals surface area contributed by atoms with Gasteiger partial charge in [-0.05, 0) is 67.4 Å². The third-order valence-electron chi connectivity index (χ3n) is 11.2. The molecule has 0 N–H and O–H groups in total. The van der Waals surface area contributed by atoms with E-state index >= 15 is 0 Å². The SMILES string of the molecule is c1ccc(-c2ccc(-c3nc(-c4ccc(-c5ccc6ccccc6c5)cc4)nc(-c4cccc5sc6c(-c7ccc(-c8ccccc8)cc7)cccc6c45)n3)cc2)cc1. The van der Waals surface area contributed by atoms with Crippen molar-refractivity contribution in [3.8, 4) is 78.7 Å². The van der Waals surface area contributed by atoms with E-state index in [1.807, 2.05) is 17.4 Å². The predicted molar refractivity (Wildman–Crippen MR) is 248 cm³/mol. The summed E-state index contributed by atoms with van der Waals surface area (Å²) in [6.45, 7) is 0. The van der Waals surface area contributed by atoms with Gasteiger partial charge < -0.3 is 0 Å². The normalized spacial score (nSPS) is 11.4. The van der Waals surface area contributed by atoms with Crippen LogP contribution in [0.5, 0.6) is 0 Å². The maximum absolute atomic E-state index is 5.25. The zero-order valence-electron chi connectivity index (χ0n) is 32.0. The van der Waals surface area contributed by atoms with Gasteiger partial charge in [0.1, 0.15) is 0 Å². The van der Waals surface area contributed by atoms with Crippen LogP contribution in [0.3, 0.4) is 0 Å². The first kappa shape index (κ1) is 34.7. The van der Waals surface area contributed by atoms with Gasteiger partial charge in [0.2, 0.25) is 0 Å². The summed E-state index contributed by atoms with van der Waals surface area (Å²) in [5.41, 5.74) is 12.3. The Hall–Kier alpha value is -7.53. The van der Waals surface area contributed by atoms with Crippen molar-refractivity contribution >= 4 is 42.3 Å². The molecule has 0 fully saturated rings. The van der Waals surface area contributed by atoms with Gasteiger partial charge in [0, 0.05) is 36.9 Å². The highest BCUT2D eigenvalue weighted by molar-refractivity contribution is 7.26. The van der Waals surface area contributed by atoms with E-state index in [0.717, 1.165) is 33.2 Å². The van der Waals surface area contributed by atoms with Crippen molar-refractivity contribution < 1.29 is 0 Å². The van der Waals surface area contributed by atoms with Crippen LogP contribution in [0.4, 0.5) is 0 Å². The van der Waals surface area contributed by atoms with Crippen LogP contribution in [-0.4, -0.2) is 15.0 Å². The maximum atomic E-state index is 5.25. The summed E-state index contributed by atoms with van der Waals surface area (Å²) in [7, 11) is 0. The molecule has 0 saturated carbocycles. The summed E-state index contributed by atoms with van der Waals surface area (Å²) in [5.74, 6) is 1.93. The Kier molecular flexibility index (Phi) is 8.68. The summed E-state index contributed by atoms with van der Waals surface area (Å²) >= 11 is 1.82. The van der Waals surface area contributed by atoms with Gasteiger partial charge in [-0.15, -0.1) is 11.3 Å². The van der Waals surface area contributed by atoms with Gasteiger partial charge in [-0.2, -0.15) is 0 Å². The molecule has 0 atom stereocenters. The van der Waals surface area contributed by atoms with Crippen molar-refractivity contribution in [1.82, 2.24) is 15.0 Å². The molecule has 0 radical (unpaired) electrons. The highest BCUT2D eigenvalue weighted by atomic mass is 32.1. The summed E-state index contributed by atoms with van der Waals surface area (Å²) in [4.78, 5) is 15.6. The van der Waals surface area contributed by atoms with Crippen LogP contribution in [0.15, 0.2) is 212 Å². The third-order valence-corrected chi connectivity index (χ3v) is 12.4. The Morgan fingerprint density at radius 1 is 0.288 bits per heavy atom. The topological polar surface area (TPSA) is 38.7 Å². The molecule has 9 aromatic carbocycles. The number of aromatic nitrogens is 3. The second-order valence-corrected chi connectivity index (χ2v) is 15.8. The lowest BCUT2D eigenvalue weighted by Gasteiger charge is -2.11. The van der Waals surface area contributed by atoms with Crippen molar-refractivity contribution in [2.75, 3.05) is 0 Å². The van der Waals surface area contributed by atoms with E-state index in [4.69, 9.17) is 15.0 Å². The van der Waals surface area contributed by atoms with Crippen LogP contribution in [-0.2, 0) is 0 Å². The molecule has 0 bridgehead atoms. The fourth-order valence-corrected chi connectivity index (χ4v) is 9.38. The van der Waals surface area contributed by atoms with Crippen LogP contribution in [0.25, 0.3) is 110 Å². The Morgan fingerprint density at radius 3 is 1.37 bits per heavy atom. The minimum atomic E-state index is 0.637. The molecule has 0 saturated heterocycles. The molecule has 11 aromatic rings. The number of hydrogen-bond acceptors (Lipinski definition) is 4. The zero-order chi connectivity index (χ0) is 39.1. The van der Waals surface area contributed by atoms with Crippen molar-refractivity contribution in [3.63, 3.8) is 0 Å². The molecule has 4 heteroatoms. The molecule has 0 spiro atoms. The van der Waals surface area contributed by atoms with Crippen LogP contribution in [0.1, 0.15) is 0 Å². The van der Waals surface area contributed by atoms with Crippen molar-refractivity contribution in [2.45, 2.75) is 0 Å². The van der Waals surface area contributed by atoms with E-state index in [2.05, 4.69) is 206 Å². The van der Waals surface area contributed by atoms with Gasteiger partial charge in [-0.25, -0.2) is 15.0 Å². The smallest absolute Gasteiger partial charge is 0.164 e. The quantitative estimate of drug-likeness (QED) is 0.162. The Labute approximate surface area is 346 Å². The first-order chi connectivity index (χ1) is 29.2. The summed E-state index contributed by atoms with van der Waals surface area (Å²) in [6, 6.07) is 75.2. The van der Waals surface area contributed by atoms with Crippen molar-refractivity contribution in [2.24, 2.45) is 0 Å². The molecule has 276 valence electrons. The molecule has 11 rings (SSSR count). The fourth-order valence-electron chi connectivity index (χ4n) is 8.11. The largest absolute Gasteiger partial charge is 0.208 e. The summed E-state index contributed by atoms with van der Waals surface area (Å²) < 4.78 is 2.44. The first-order valence-corrected chi connectivity index (χ1v) is 20.7. The number of hydrogen-bond donors (Lipinski definition) is 0. The molecule has 0 aliphatic heterocycles. The maximum Gasteiger partial charge on any atom is 0.164 e. The second-order valence-electron chi connectivity index (χ2n) is 14.8. The van der Waals surface area contributed by atoms with Gasteiger partial charge in [-0.1, -0.05) is 200 Å². The lowest BCUT2D eigenvalue weighted by atomic mass is 9.98. The molecule has 0 aliphatic rings. The standard InChI is InChI=1S/C55H35N3S/c1-3-11-36(12-4-1)39-21-28-42(29-22-39)47-17-9-18-48-51-49(19-10-20-50(51)59-52(47)48)55-57-53(43-30-23-40(24-31-43)37-13-5-2-6-14-37)56-54(58-55)44-32-25-41(26-33-44)46-34-27-38-15-7-8-16-45(38)35-46/h1-35H. The minimum Gasteiger partial charge on any atom is -0.208 e. The second kappa shape index (κ2) is 14.8. The molecular weight excluding hydrogens is 735 g/mol. The Morgan fingerprint density at radius 2 is 0.746 bits per heavy atom. The van der Waals surface area contributed by atoms with Crippen molar-refractivity contribution in [1.29, 1.82) is 0 Å². The monoisotopic (exact) mass is 769 g/mol. The van der Waals surface area contributed by atoms with E-state index in [9.17, 15) is 0 Å². The number of rotatable bonds is 7. The molecule has 3 nitrogen and oxygen atoms in total. The van der Waals surface area contributed by atoms with Gasteiger partial charge >= 0.3 is 0 Å². The van der Waals surface area contributed by atoms with E-state index in [1.54, 1.807) is 0 Å². The molecule has 0 unspecified atom stereocenters. The van der Waals surface area contributed by atoms with Crippen LogP contribution >= 0.6 is 11.3 Å².